The number of hydrogen-bond acceptors (Lipinski definition) is 6. The molecule has 158 valence electrons. The van der Waals surface area contributed by atoms with Crippen LogP contribution in [0.15, 0.2) is 28.8 Å². The lowest BCUT2D eigenvalue weighted by Gasteiger charge is -2.40. The van der Waals surface area contributed by atoms with E-state index in [-0.39, 0.29) is 5.89 Å². The van der Waals surface area contributed by atoms with Gasteiger partial charge in [0.15, 0.2) is 5.82 Å². The predicted octanol–water partition coefficient (Wildman–Crippen LogP) is 2.48. The molecule has 1 aromatic carbocycles. The zero-order chi connectivity index (χ0) is 21.2. The second-order valence-electron chi connectivity index (χ2n) is 6.90. The first-order chi connectivity index (χ1) is 13.6. The molecule has 1 aliphatic rings. The molecule has 1 aliphatic heterocycles. The van der Waals surface area contributed by atoms with Gasteiger partial charge in [-0.2, -0.15) is 18.2 Å². The first kappa shape index (κ1) is 21.2. The highest BCUT2D eigenvalue weighted by Crippen LogP contribution is 2.38. The summed E-state index contributed by atoms with van der Waals surface area (Å²) in [5.41, 5.74) is 5.05. The number of benzene rings is 1. The van der Waals surface area contributed by atoms with Crippen molar-refractivity contribution in [1.82, 2.24) is 15.0 Å². The van der Waals surface area contributed by atoms with Crippen molar-refractivity contribution in [3.8, 4) is 0 Å². The average molecular weight is 416 g/mol. The molecule has 29 heavy (non-hydrogen) atoms. The Bertz CT molecular complexity index is 846. The topological polar surface area (TPSA) is 94.5 Å². The van der Waals surface area contributed by atoms with Gasteiger partial charge in [-0.3, -0.25) is 9.69 Å². The van der Waals surface area contributed by atoms with E-state index in [9.17, 15) is 22.4 Å². The van der Waals surface area contributed by atoms with Crippen LogP contribution >= 0.6 is 0 Å². The summed E-state index contributed by atoms with van der Waals surface area (Å²) in [5, 5.41) is 3.40. The molecule has 2 heterocycles. The number of halogens is 4. The van der Waals surface area contributed by atoms with Crippen molar-refractivity contribution in [1.29, 1.82) is 0 Å². The number of nitrogens with two attached hydrogens (primary N) is 1. The van der Waals surface area contributed by atoms with Gasteiger partial charge in [0.05, 0.1) is 0 Å². The van der Waals surface area contributed by atoms with Crippen LogP contribution in [0.4, 0.5) is 17.6 Å². The van der Waals surface area contributed by atoms with Crippen LogP contribution in [0.2, 0.25) is 0 Å². The Morgan fingerprint density at radius 3 is 2.45 bits per heavy atom. The molecule has 1 amide bonds. The number of piperidine rings is 1. The van der Waals surface area contributed by atoms with Crippen molar-refractivity contribution < 1.29 is 31.6 Å². The zero-order valence-electron chi connectivity index (χ0n) is 15.6. The average Bonchev–Trinajstić information content (AvgIpc) is 3.11. The number of aromatic nitrogens is 2. The largest absolute Gasteiger partial charge is 0.396 e. The Balaban J connectivity index is 1.76. The molecule has 0 bridgehead atoms. The second kappa shape index (κ2) is 8.07. The third-order valence-corrected chi connectivity index (χ3v) is 5.03. The highest BCUT2D eigenvalue weighted by atomic mass is 19.4. The Morgan fingerprint density at radius 1 is 1.31 bits per heavy atom. The quantitative estimate of drug-likeness (QED) is 0.727. The molecule has 0 unspecified atom stereocenters. The van der Waals surface area contributed by atoms with Crippen molar-refractivity contribution >= 4 is 5.91 Å². The first-order valence-corrected chi connectivity index (χ1v) is 8.87. The van der Waals surface area contributed by atoms with Crippen molar-refractivity contribution in [2.45, 2.75) is 37.1 Å². The number of likely N-dealkylation sites (tertiary alicyclic amines) is 1. The van der Waals surface area contributed by atoms with Crippen molar-refractivity contribution in [2.75, 3.05) is 20.2 Å². The fourth-order valence-corrected chi connectivity index (χ4v) is 3.54. The number of alkyl halides is 3. The van der Waals surface area contributed by atoms with Gasteiger partial charge in [-0.1, -0.05) is 17.3 Å². The minimum atomic E-state index is -4.45. The van der Waals surface area contributed by atoms with Crippen molar-refractivity contribution in [3.63, 3.8) is 0 Å². The van der Waals surface area contributed by atoms with Crippen LogP contribution in [0, 0.1) is 5.82 Å². The minimum Gasteiger partial charge on any atom is -0.368 e. The van der Waals surface area contributed by atoms with Gasteiger partial charge in [-0.15, -0.1) is 0 Å². The highest BCUT2D eigenvalue weighted by molar-refractivity contribution is 5.81. The summed E-state index contributed by atoms with van der Waals surface area (Å²) in [6, 6.07) is 4.70. The van der Waals surface area contributed by atoms with Gasteiger partial charge in [0.2, 0.25) is 5.91 Å². The number of amides is 1. The highest BCUT2D eigenvalue weighted by Gasteiger charge is 2.44. The molecule has 2 N–H and O–H groups in total. The van der Waals surface area contributed by atoms with Gasteiger partial charge in [-0.05, 0) is 30.5 Å². The summed E-state index contributed by atoms with van der Waals surface area (Å²) in [5.74, 6) is -1.52. The lowest BCUT2D eigenvalue weighted by atomic mass is 9.89. The molecule has 11 heteroatoms. The van der Waals surface area contributed by atoms with Crippen LogP contribution in [0.5, 0.6) is 0 Å². The Morgan fingerprint density at radius 2 is 1.93 bits per heavy atom. The number of methoxy groups -OCH3 is 1. The molecule has 1 fully saturated rings. The molecule has 0 aliphatic carbocycles. The second-order valence-corrected chi connectivity index (χ2v) is 6.90. The van der Waals surface area contributed by atoms with Crippen LogP contribution in [0.25, 0.3) is 0 Å². The maximum absolute atomic E-state index is 13.2. The van der Waals surface area contributed by atoms with E-state index >= 15 is 0 Å². The lowest BCUT2D eigenvalue weighted by Crippen LogP contribution is -2.48. The predicted molar refractivity (Wildman–Crippen MR) is 91.9 cm³/mol. The van der Waals surface area contributed by atoms with E-state index in [2.05, 4.69) is 10.1 Å². The van der Waals surface area contributed by atoms with E-state index < -0.39 is 41.8 Å². The number of rotatable bonds is 6. The van der Waals surface area contributed by atoms with Crippen molar-refractivity contribution in [2.24, 2.45) is 5.73 Å². The standard InChI is InChI=1S/C18H20F4N4O3/c1-28-17(16-24-13(25-29-16)10-18(20,21)22)6-8-26(9-7-17)14(15(23)27)11-2-4-12(19)5-3-11/h2-5,14H,6-10H2,1H3,(H2,23,27)/t14-/m1/s1. The van der Waals surface area contributed by atoms with Gasteiger partial charge >= 0.3 is 6.18 Å². The van der Waals surface area contributed by atoms with Gasteiger partial charge in [-0.25, -0.2) is 4.39 Å². The van der Waals surface area contributed by atoms with Crippen LogP contribution < -0.4 is 5.73 Å². The maximum Gasteiger partial charge on any atom is 0.396 e. The van der Waals surface area contributed by atoms with E-state index in [0.29, 0.717) is 31.5 Å². The molecule has 0 saturated carbocycles. The summed E-state index contributed by atoms with van der Waals surface area (Å²) >= 11 is 0. The molecular weight excluding hydrogens is 396 g/mol. The molecule has 7 nitrogen and oxygen atoms in total. The van der Waals surface area contributed by atoms with Crippen LogP contribution in [0.1, 0.15) is 36.2 Å². The maximum atomic E-state index is 13.2. The van der Waals surface area contributed by atoms with E-state index in [0.717, 1.165) is 0 Å². The van der Waals surface area contributed by atoms with Gasteiger partial charge in [0.1, 0.15) is 23.9 Å². The fraction of sp³-hybridized carbons (Fsp3) is 0.500. The lowest BCUT2D eigenvalue weighted by molar-refractivity contribution is -0.129. The van der Waals surface area contributed by atoms with E-state index in [1.807, 2.05) is 0 Å². The SMILES string of the molecule is COC1(c2nc(CC(F)(F)F)no2)CCN([C@@H](C(N)=O)c2ccc(F)cc2)CC1. The number of carbonyl (C=O) groups excluding carboxylic acids is 1. The molecule has 0 radical (unpaired) electrons. The van der Waals surface area contributed by atoms with E-state index in [1.165, 1.54) is 31.4 Å². The third kappa shape index (κ3) is 4.73. The van der Waals surface area contributed by atoms with E-state index in [1.54, 1.807) is 4.90 Å². The molecular formula is C18H20F4N4O3. The molecule has 2 aromatic rings. The minimum absolute atomic E-state index is 0.0312. The van der Waals surface area contributed by atoms with Gasteiger partial charge in [0.25, 0.3) is 5.89 Å². The molecule has 0 spiro atoms. The first-order valence-electron chi connectivity index (χ1n) is 8.87. The summed E-state index contributed by atoms with van der Waals surface area (Å²) in [4.78, 5) is 17.7. The zero-order valence-corrected chi connectivity index (χ0v) is 15.6. The Kier molecular flexibility index (Phi) is 5.90. The van der Waals surface area contributed by atoms with Crippen LogP contribution in [0.3, 0.4) is 0 Å². The summed E-state index contributed by atoms with van der Waals surface area (Å²) in [6.45, 7) is 0.658. The molecule has 1 atom stereocenters. The van der Waals surface area contributed by atoms with Crippen LogP contribution in [-0.2, 0) is 21.6 Å². The Labute approximate surface area is 163 Å². The smallest absolute Gasteiger partial charge is 0.368 e. The summed E-state index contributed by atoms with van der Waals surface area (Å²) in [7, 11) is 1.41. The number of nitrogens with zero attached hydrogens (tertiary/aromatic N) is 3. The summed E-state index contributed by atoms with van der Waals surface area (Å²) in [6.07, 6.45) is -5.16. The Hall–Kier alpha value is -2.53. The fourth-order valence-electron chi connectivity index (χ4n) is 3.54. The molecule has 1 saturated heterocycles. The number of ether oxygens (including phenoxy) is 1. The number of hydrogen-bond donors (Lipinski definition) is 1. The summed E-state index contributed by atoms with van der Waals surface area (Å²) < 4.78 is 61.4. The number of carbonyl (C=O) groups is 1. The molecule has 3 rings (SSSR count). The van der Waals surface area contributed by atoms with E-state index in [4.69, 9.17) is 15.0 Å². The third-order valence-electron chi connectivity index (χ3n) is 5.03. The monoisotopic (exact) mass is 416 g/mol. The van der Waals surface area contributed by atoms with Gasteiger partial charge < -0.3 is 15.0 Å². The number of primary amides is 1. The van der Waals surface area contributed by atoms with Crippen molar-refractivity contribution in [3.05, 3.63) is 47.4 Å². The normalized spacial score (nSPS) is 18.5. The molecule has 1 aromatic heterocycles. The van der Waals surface area contributed by atoms with Crippen LogP contribution in [-0.4, -0.2) is 47.3 Å². The van der Waals surface area contributed by atoms with Gasteiger partial charge in [0, 0.05) is 20.2 Å².